The second-order valence-corrected chi connectivity index (χ2v) is 9.15. The van der Waals surface area contributed by atoms with Gasteiger partial charge in [-0.15, -0.1) is 0 Å². The van der Waals surface area contributed by atoms with E-state index in [4.69, 9.17) is 26.8 Å². The van der Waals surface area contributed by atoms with E-state index >= 15 is 0 Å². The molecule has 0 saturated carbocycles. The number of aliphatic hydroxyl groups is 2. The van der Waals surface area contributed by atoms with Gasteiger partial charge in [-0.1, -0.05) is 0 Å². The quantitative estimate of drug-likeness (QED) is 0.153. The smallest absolute Gasteiger partial charge is 0.339 e. The Morgan fingerprint density at radius 1 is 1.31 bits per heavy atom. The Labute approximate surface area is 206 Å². The number of aliphatic hydroxyl groups excluding tert-OH is 2. The predicted octanol–water partition coefficient (Wildman–Crippen LogP) is -1.73. The Hall–Kier alpha value is -2.51. The zero-order chi connectivity index (χ0) is 24.7. The van der Waals surface area contributed by atoms with Crippen LogP contribution in [0.1, 0.15) is 11.8 Å². The molecule has 0 aliphatic carbocycles. The summed E-state index contributed by atoms with van der Waals surface area (Å²) in [4.78, 5) is 24.6. The van der Waals surface area contributed by atoms with E-state index in [-0.39, 0.29) is 35.3 Å². The number of aliphatic carboxylic acids is 1. The average molecular weight is 528 g/mol. The lowest BCUT2D eigenvalue weighted by molar-refractivity contribution is -0.180. The van der Waals surface area contributed by atoms with Crippen molar-refractivity contribution in [3.05, 3.63) is 34.0 Å². The van der Waals surface area contributed by atoms with Crippen LogP contribution in [0.15, 0.2) is 23.2 Å². The molecule has 0 bridgehead atoms. The van der Waals surface area contributed by atoms with Gasteiger partial charge in [-0.2, -0.15) is 32.4 Å². The number of anilines is 1. The van der Waals surface area contributed by atoms with Gasteiger partial charge in [0.1, 0.15) is 30.0 Å². The molecule has 0 radical (unpaired) electrons. The van der Waals surface area contributed by atoms with Gasteiger partial charge in [0, 0.05) is 6.42 Å². The number of hydrogen-bond donors (Lipinski definition) is 8. The highest BCUT2D eigenvalue weighted by Gasteiger charge is 2.52. The van der Waals surface area contributed by atoms with Crippen molar-refractivity contribution in [2.24, 2.45) is 0 Å². The van der Waals surface area contributed by atoms with Crippen LogP contribution in [0.4, 0.5) is 5.82 Å². The van der Waals surface area contributed by atoms with Crippen molar-refractivity contribution in [1.82, 2.24) is 41.4 Å². The topological polar surface area (TPSA) is 214 Å². The first kappa shape index (κ1) is 24.2. The summed E-state index contributed by atoms with van der Waals surface area (Å²) in [5.41, 5.74) is 16.0. The average Bonchev–Trinajstić information content (AvgIpc) is 3.61. The molecule has 35 heavy (non-hydrogen) atoms. The van der Waals surface area contributed by atoms with Crippen LogP contribution in [0.5, 0.6) is 0 Å². The van der Waals surface area contributed by atoms with E-state index in [1.54, 1.807) is 6.07 Å². The molecule has 2 fully saturated rings. The van der Waals surface area contributed by atoms with Crippen molar-refractivity contribution < 1.29 is 29.6 Å². The summed E-state index contributed by atoms with van der Waals surface area (Å²) in [6, 6.07) is 1.80. The fraction of sp³-hybridized carbons (Fsp3) is 0.444. The summed E-state index contributed by atoms with van der Waals surface area (Å²) >= 11 is 7.33. The molecular weight excluding hydrogens is 506 g/mol. The molecule has 2 saturated heterocycles. The fourth-order valence-electron chi connectivity index (χ4n) is 4.10. The van der Waals surface area contributed by atoms with Crippen molar-refractivity contribution in [3.63, 3.8) is 0 Å². The maximum Gasteiger partial charge on any atom is 0.339 e. The van der Waals surface area contributed by atoms with Crippen molar-refractivity contribution in [1.29, 1.82) is 0 Å². The molecule has 5 rings (SSSR count). The summed E-state index contributed by atoms with van der Waals surface area (Å²) in [7, 11) is 0. The van der Waals surface area contributed by atoms with Gasteiger partial charge >= 0.3 is 5.97 Å². The van der Waals surface area contributed by atoms with Gasteiger partial charge in [0.2, 0.25) is 5.28 Å². The van der Waals surface area contributed by atoms with Crippen LogP contribution < -0.4 is 27.7 Å². The minimum absolute atomic E-state index is 0.00944. The van der Waals surface area contributed by atoms with E-state index < -0.39 is 42.3 Å². The van der Waals surface area contributed by atoms with E-state index in [1.807, 2.05) is 10.8 Å². The van der Waals surface area contributed by atoms with Crippen LogP contribution >= 0.6 is 22.9 Å². The van der Waals surface area contributed by atoms with Crippen LogP contribution in [-0.4, -0.2) is 77.5 Å². The zero-order valence-electron chi connectivity index (χ0n) is 17.8. The highest BCUT2D eigenvalue weighted by molar-refractivity contribution is 7.07. The van der Waals surface area contributed by atoms with Gasteiger partial charge in [0.05, 0.1) is 12.9 Å². The molecule has 3 aromatic rings. The van der Waals surface area contributed by atoms with Gasteiger partial charge in [-0.3, -0.25) is 4.57 Å². The van der Waals surface area contributed by atoms with Crippen LogP contribution in [0.25, 0.3) is 11.2 Å². The van der Waals surface area contributed by atoms with E-state index in [0.29, 0.717) is 0 Å². The highest BCUT2D eigenvalue weighted by Crippen LogP contribution is 2.34. The van der Waals surface area contributed by atoms with Crippen molar-refractivity contribution in [3.8, 4) is 0 Å². The number of aromatic nitrogens is 4. The number of carbonyl (C=O) groups is 1. The third-order valence-corrected chi connectivity index (χ3v) is 6.81. The third kappa shape index (κ3) is 4.33. The Morgan fingerprint density at radius 2 is 2.09 bits per heavy atom. The Balaban J connectivity index is 1.39. The van der Waals surface area contributed by atoms with Crippen molar-refractivity contribution in [2.75, 3.05) is 12.3 Å². The Morgan fingerprint density at radius 3 is 2.77 bits per heavy atom. The van der Waals surface area contributed by atoms with E-state index in [0.717, 1.165) is 5.56 Å². The summed E-state index contributed by atoms with van der Waals surface area (Å²) in [6.45, 7) is -0.352. The van der Waals surface area contributed by atoms with Gasteiger partial charge in [-0.25, -0.2) is 20.6 Å². The molecule has 2 aliphatic rings. The predicted molar refractivity (Wildman–Crippen MR) is 121 cm³/mol. The Bertz CT molecular complexity index is 1210. The molecule has 0 spiro atoms. The number of nitrogens with one attached hydrogen (secondary N) is 4. The summed E-state index contributed by atoms with van der Waals surface area (Å²) < 4.78 is 13.2. The van der Waals surface area contributed by atoms with Crippen LogP contribution in [0.3, 0.4) is 0 Å². The SMILES string of the molecule is Nc1nc(Cl)nc2c1ncn2[C@@H]1O[C@H](COC(Cc2ccsc2)(C(=O)O)C2NNNN2)[C@@H](O)[C@H]1O. The minimum atomic E-state index is -1.80. The summed E-state index contributed by atoms with van der Waals surface area (Å²) in [6.07, 6.45) is -4.55. The lowest BCUT2D eigenvalue weighted by atomic mass is 9.92. The highest BCUT2D eigenvalue weighted by atomic mass is 35.5. The fourth-order valence-corrected chi connectivity index (χ4v) is 4.94. The number of carboxylic acids is 1. The summed E-state index contributed by atoms with van der Waals surface area (Å²) in [5, 5.41) is 35.1. The van der Waals surface area contributed by atoms with Crippen LogP contribution in [0.2, 0.25) is 5.28 Å². The number of nitrogens with zero attached hydrogens (tertiary/aromatic N) is 4. The van der Waals surface area contributed by atoms with E-state index in [2.05, 4.69) is 36.9 Å². The van der Waals surface area contributed by atoms with E-state index in [1.165, 1.54) is 22.2 Å². The first-order valence-corrected chi connectivity index (χ1v) is 11.7. The number of fused-ring (bicyclic) bond motifs is 1. The molecule has 1 unspecified atom stereocenters. The third-order valence-electron chi connectivity index (χ3n) is 5.91. The van der Waals surface area contributed by atoms with Crippen molar-refractivity contribution >= 4 is 45.9 Å². The van der Waals surface area contributed by atoms with Crippen molar-refractivity contribution in [2.45, 2.75) is 42.7 Å². The number of ether oxygens (including phenoxy) is 2. The second kappa shape index (κ2) is 9.51. The maximum absolute atomic E-state index is 12.5. The molecule has 188 valence electrons. The number of thiophene rings is 1. The minimum Gasteiger partial charge on any atom is -0.479 e. The molecule has 9 N–H and O–H groups in total. The van der Waals surface area contributed by atoms with Gasteiger partial charge in [0.25, 0.3) is 0 Å². The molecule has 3 aromatic heterocycles. The van der Waals surface area contributed by atoms with Gasteiger partial charge < -0.3 is 30.5 Å². The number of hydrogen-bond acceptors (Lipinski definition) is 14. The molecule has 17 heteroatoms. The number of nitrogen functional groups attached to an aromatic ring is 1. The molecule has 15 nitrogen and oxygen atoms in total. The maximum atomic E-state index is 12.5. The van der Waals surface area contributed by atoms with Gasteiger partial charge in [0.15, 0.2) is 23.3 Å². The number of carboxylic acid groups (broad SMARTS) is 1. The Kier molecular flexibility index (Phi) is 6.57. The molecule has 0 aromatic carbocycles. The number of halogens is 1. The molecule has 0 amide bonds. The van der Waals surface area contributed by atoms with Crippen LogP contribution in [-0.2, 0) is 20.7 Å². The standard InChI is InChI=1S/C18H22ClN9O6S/c19-17-22-12(20)9-13(23-17)28(6-21-9)14-11(30)10(29)8(34-14)4-33-18(16(31)32,15-24-26-27-25-15)3-7-1-2-35-5-7/h1-2,5-6,8,10-11,14-15,24-27,29-30H,3-4H2,(H,31,32)(H2,20,22,23)/t8-,10-,11-,14-,18?/m1/s1. The number of rotatable bonds is 8. The second-order valence-electron chi connectivity index (χ2n) is 8.03. The normalized spacial score (nSPS) is 26.9. The molecule has 5 heterocycles. The molecule has 5 atom stereocenters. The number of hydrazine groups is 3. The summed E-state index contributed by atoms with van der Waals surface area (Å²) in [5.74, 6) is -1.20. The lowest BCUT2D eigenvalue weighted by Crippen LogP contribution is -2.63. The first-order valence-electron chi connectivity index (χ1n) is 10.4. The van der Waals surface area contributed by atoms with E-state index in [9.17, 15) is 20.1 Å². The largest absolute Gasteiger partial charge is 0.479 e. The van der Waals surface area contributed by atoms with Crippen LogP contribution in [0, 0.1) is 0 Å². The lowest BCUT2D eigenvalue weighted by Gasteiger charge is -2.35. The molecular formula is C18H22ClN9O6S. The number of nitrogens with two attached hydrogens (primary N) is 1. The number of imidazole rings is 1. The zero-order valence-corrected chi connectivity index (χ0v) is 19.4. The monoisotopic (exact) mass is 527 g/mol. The van der Waals surface area contributed by atoms with Gasteiger partial charge in [-0.05, 0) is 34.0 Å². The first-order chi connectivity index (χ1) is 16.8. The molecule has 2 aliphatic heterocycles.